The maximum Gasteiger partial charge on any atom is 0.275 e. The summed E-state index contributed by atoms with van der Waals surface area (Å²) in [7, 11) is 0. The average Bonchev–Trinajstić information content (AvgIpc) is 3.16. The van der Waals surface area contributed by atoms with Gasteiger partial charge in [0.2, 0.25) is 0 Å². The third-order valence-electron chi connectivity index (χ3n) is 3.88. The lowest BCUT2D eigenvalue weighted by Gasteiger charge is -2.14. The molecule has 0 unspecified atom stereocenters. The molecule has 3 N–H and O–H groups in total. The molecule has 3 aromatic rings. The van der Waals surface area contributed by atoms with Crippen LogP contribution in [0.15, 0.2) is 83.5 Å². The van der Waals surface area contributed by atoms with Crippen molar-refractivity contribution >= 4 is 5.91 Å². The number of carbonyl (C=O) groups excluding carboxylic acids is 1. The molecule has 0 aliphatic heterocycles. The molecule has 122 valence electrons. The van der Waals surface area contributed by atoms with Gasteiger partial charge in [-0.25, -0.2) is 0 Å². The highest BCUT2D eigenvalue weighted by atomic mass is 16.3. The summed E-state index contributed by atoms with van der Waals surface area (Å²) < 4.78 is 5.55. The van der Waals surface area contributed by atoms with Gasteiger partial charge in [-0.15, -0.1) is 0 Å². The monoisotopic (exact) mass is 321 g/mol. The van der Waals surface area contributed by atoms with E-state index in [2.05, 4.69) is 5.32 Å². The van der Waals surface area contributed by atoms with Crippen molar-refractivity contribution < 1.29 is 14.5 Å². The van der Waals surface area contributed by atoms with E-state index in [1.54, 1.807) is 6.26 Å². The first-order valence-corrected chi connectivity index (χ1v) is 8.05. The van der Waals surface area contributed by atoms with Gasteiger partial charge in [0, 0.05) is 12.1 Å². The molecular weight excluding hydrogens is 300 g/mol. The third kappa shape index (κ3) is 4.33. The van der Waals surface area contributed by atoms with E-state index in [0.717, 1.165) is 16.9 Å². The number of furan rings is 1. The average molecular weight is 321 g/mol. The lowest BCUT2D eigenvalue weighted by molar-refractivity contribution is -0.678. The van der Waals surface area contributed by atoms with Crippen LogP contribution in [0.3, 0.4) is 0 Å². The van der Waals surface area contributed by atoms with Crippen molar-refractivity contribution in [1.29, 1.82) is 0 Å². The molecule has 0 radical (unpaired) electrons. The summed E-state index contributed by atoms with van der Waals surface area (Å²) in [6.07, 6.45) is 1.66. The second kappa shape index (κ2) is 8.13. The number of amides is 1. The Kier molecular flexibility index (Phi) is 5.43. The SMILES string of the molecule is O=C(C[NH2+][C@@H](c1ccccc1)c1ccco1)NCc1ccccc1. The van der Waals surface area contributed by atoms with E-state index in [-0.39, 0.29) is 11.9 Å². The minimum atomic E-state index is -0.0244. The van der Waals surface area contributed by atoms with Crippen LogP contribution >= 0.6 is 0 Å². The summed E-state index contributed by atoms with van der Waals surface area (Å²) in [6.45, 7) is 0.886. The van der Waals surface area contributed by atoms with E-state index < -0.39 is 0 Å². The third-order valence-corrected chi connectivity index (χ3v) is 3.88. The Hall–Kier alpha value is -2.85. The Balaban J connectivity index is 1.59. The van der Waals surface area contributed by atoms with E-state index in [1.807, 2.05) is 78.1 Å². The van der Waals surface area contributed by atoms with E-state index in [1.165, 1.54) is 0 Å². The minimum absolute atomic E-state index is 0.00587. The zero-order valence-corrected chi connectivity index (χ0v) is 13.4. The molecule has 0 aliphatic rings. The second-order valence-electron chi connectivity index (χ2n) is 5.61. The molecule has 1 atom stereocenters. The van der Waals surface area contributed by atoms with Gasteiger partial charge in [0.05, 0.1) is 6.26 Å². The lowest BCUT2D eigenvalue weighted by Crippen LogP contribution is -2.87. The lowest BCUT2D eigenvalue weighted by atomic mass is 10.0. The maximum absolute atomic E-state index is 12.1. The molecule has 1 aromatic heterocycles. The summed E-state index contributed by atoms with van der Waals surface area (Å²) in [5.74, 6) is 0.850. The van der Waals surface area contributed by atoms with Gasteiger partial charge in [0.25, 0.3) is 5.91 Å². The molecule has 0 bridgehead atoms. The summed E-state index contributed by atoms with van der Waals surface area (Å²) in [5.41, 5.74) is 2.21. The van der Waals surface area contributed by atoms with Gasteiger partial charge < -0.3 is 15.1 Å². The van der Waals surface area contributed by atoms with Gasteiger partial charge in [-0.2, -0.15) is 0 Å². The minimum Gasteiger partial charge on any atom is -0.463 e. The first kappa shape index (κ1) is 16.0. The van der Waals surface area contributed by atoms with E-state index >= 15 is 0 Å². The van der Waals surface area contributed by atoms with Crippen molar-refractivity contribution in [2.75, 3.05) is 6.54 Å². The fourth-order valence-electron chi connectivity index (χ4n) is 2.64. The van der Waals surface area contributed by atoms with Crippen LogP contribution in [-0.4, -0.2) is 12.5 Å². The normalized spacial score (nSPS) is 11.8. The molecule has 0 aliphatic carbocycles. The van der Waals surface area contributed by atoms with Gasteiger partial charge in [-0.1, -0.05) is 60.7 Å². The van der Waals surface area contributed by atoms with E-state index in [4.69, 9.17) is 4.42 Å². The van der Waals surface area contributed by atoms with Crippen LogP contribution < -0.4 is 10.6 Å². The summed E-state index contributed by atoms with van der Waals surface area (Å²) in [5, 5.41) is 4.94. The van der Waals surface area contributed by atoms with Crippen molar-refractivity contribution in [3.63, 3.8) is 0 Å². The fraction of sp³-hybridized carbons (Fsp3) is 0.150. The highest BCUT2D eigenvalue weighted by molar-refractivity contribution is 5.76. The molecule has 0 fully saturated rings. The van der Waals surface area contributed by atoms with Gasteiger partial charge in [-0.3, -0.25) is 4.79 Å². The van der Waals surface area contributed by atoms with Crippen molar-refractivity contribution in [3.05, 3.63) is 95.9 Å². The molecule has 4 nitrogen and oxygen atoms in total. The quantitative estimate of drug-likeness (QED) is 0.701. The van der Waals surface area contributed by atoms with Crippen LogP contribution in [-0.2, 0) is 11.3 Å². The predicted octanol–water partition coefficient (Wildman–Crippen LogP) is 2.25. The summed E-state index contributed by atoms with van der Waals surface area (Å²) in [4.78, 5) is 12.1. The van der Waals surface area contributed by atoms with Crippen molar-refractivity contribution in [1.82, 2.24) is 5.32 Å². The van der Waals surface area contributed by atoms with E-state index in [0.29, 0.717) is 13.1 Å². The number of quaternary nitrogens is 1. The number of nitrogens with one attached hydrogen (secondary N) is 1. The Bertz CT molecular complexity index is 740. The van der Waals surface area contributed by atoms with Crippen molar-refractivity contribution in [2.45, 2.75) is 12.6 Å². The molecule has 0 saturated heterocycles. The number of nitrogens with two attached hydrogens (primary N) is 1. The number of hydrogen-bond acceptors (Lipinski definition) is 2. The number of carbonyl (C=O) groups is 1. The molecule has 24 heavy (non-hydrogen) atoms. The molecule has 3 rings (SSSR count). The number of hydrogen-bond donors (Lipinski definition) is 2. The summed E-state index contributed by atoms with van der Waals surface area (Å²) in [6, 6.07) is 23.8. The Morgan fingerprint density at radius 3 is 2.33 bits per heavy atom. The first-order chi connectivity index (χ1) is 11.8. The molecule has 2 aromatic carbocycles. The maximum atomic E-state index is 12.1. The molecule has 4 heteroatoms. The van der Waals surface area contributed by atoms with Crippen LogP contribution in [0.4, 0.5) is 0 Å². The number of benzene rings is 2. The number of rotatable bonds is 7. The van der Waals surface area contributed by atoms with Gasteiger partial charge in [-0.05, 0) is 17.7 Å². The highest BCUT2D eigenvalue weighted by Gasteiger charge is 2.21. The largest absolute Gasteiger partial charge is 0.463 e. The topological polar surface area (TPSA) is 58.9 Å². The van der Waals surface area contributed by atoms with E-state index in [9.17, 15) is 4.79 Å². The molecule has 1 amide bonds. The van der Waals surface area contributed by atoms with Crippen LogP contribution in [0.5, 0.6) is 0 Å². The summed E-state index contributed by atoms with van der Waals surface area (Å²) >= 11 is 0. The van der Waals surface area contributed by atoms with Gasteiger partial charge in [0.1, 0.15) is 0 Å². The molecule has 1 heterocycles. The standard InChI is InChI=1S/C20H20N2O2/c23-19(21-14-16-8-3-1-4-9-16)15-22-20(18-12-7-13-24-18)17-10-5-2-6-11-17/h1-13,20,22H,14-15H2,(H,21,23)/p+1/t20-/m0/s1. The van der Waals surface area contributed by atoms with Crippen LogP contribution in [0, 0.1) is 0 Å². The van der Waals surface area contributed by atoms with Crippen molar-refractivity contribution in [2.24, 2.45) is 0 Å². The van der Waals surface area contributed by atoms with Crippen molar-refractivity contribution in [3.8, 4) is 0 Å². The van der Waals surface area contributed by atoms with Crippen LogP contribution in [0.2, 0.25) is 0 Å². The Morgan fingerprint density at radius 1 is 0.958 bits per heavy atom. The Morgan fingerprint density at radius 2 is 1.67 bits per heavy atom. The zero-order chi connectivity index (χ0) is 16.6. The first-order valence-electron chi connectivity index (χ1n) is 8.05. The highest BCUT2D eigenvalue weighted by Crippen LogP contribution is 2.18. The van der Waals surface area contributed by atoms with Gasteiger partial charge in [0.15, 0.2) is 18.3 Å². The second-order valence-corrected chi connectivity index (χ2v) is 5.61. The van der Waals surface area contributed by atoms with Gasteiger partial charge >= 0.3 is 0 Å². The smallest absolute Gasteiger partial charge is 0.275 e. The van der Waals surface area contributed by atoms with Crippen LogP contribution in [0.1, 0.15) is 22.9 Å². The Labute approximate surface area is 141 Å². The fourth-order valence-corrected chi connectivity index (χ4v) is 2.64. The van der Waals surface area contributed by atoms with Crippen LogP contribution in [0.25, 0.3) is 0 Å². The molecule has 0 spiro atoms. The molecular formula is C20H21N2O2+. The molecule has 0 saturated carbocycles. The zero-order valence-electron chi connectivity index (χ0n) is 13.4. The predicted molar refractivity (Wildman–Crippen MR) is 92.1 cm³/mol.